The number of aryl methyl sites for hydroxylation is 1. The van der Waals surface area contributed by atoms with Gasteiger partial charge in [-0.1, -0.05) is 31.5 Å². The molecule has 1 aromatic heterocycles. The molecule has 0 aliphatic rings. The van der Waals surface area contributed by atoms with Gasteiger partial charge in [-0.25, -0.2) is 0 Å². The summed E-state index contributed by atoms with van der Waals surface area (Å²) in [5, 5.41) is 0.506. The second-order valence-corrected chi connectivity index (χ2v) is 8.25. The average molecular weight is 404 g/mol. The van der Waals surface area contributed by atoms with Crippen LogP contribution in [0.25, 0.3) is 0 Å². The minimum atomic E-state index is -0.186. The lowest BCUT2D eigenvalue weighted by Crippen LogP contribution is -2.46. The van der Waals surface area contributed by atoms with E-state index in [0.29, 0.717) is 29.6 Å². The number of carbonyl (C=O) groups is 2. The van der Waals surface area contributed by atoms with Crippen LogP contribution in [0, 0.1) is 5.92 Å². The molecule has 2 amide bonds. The molecule has 1 heterocycles. The minimum absolute atomic E-state index is 0.0418. The highest BCUT2D eigenvalue weighted by Gasteiger charge is 2.25. The van der Waals surface area contributed by atoms with Gasteiger partial charge >= 0.3 is 0 Å². The summed E-state index contributed by atoms with van der Waals surface area (Å²) in [6, 6.07) is 10.7. The standard InChI is InChI=1S/C22H30ClN3O2/c1-16(2)13-25(14-20-10-7-11-24(20)5)21(27)15-26(17(3)4)22(28)18-8-6-9-19(23)12-18/h6-12,16-17H,13-15H2,1-5H3. The van der Waals surface area contributed by atoms with Gasteiger partial charge in [0.2, 0.25) is 5.91 Å². The zero-order valence-corrected chi connectivity index (χ0v) is 18.1. The number of amides is 2. The lowest BCUT2D eigenvalue weighted by molar-refractivity contribution is -0.133. The maximum Gasteiger partial charge on any atom is 0.254 e. The quantitative estimate of drug-likeness (QED) is 0.662. The molecule has 0 atom stereocenters. The molecule has 1 aromatic carbocycles. The summed E-state index contributed by atoms with van der Waals surface area (Å²) in [5.74, 6) is 0.0912. The van der Waals surface area contributed by atoms with Crippen molar-refractivity contribution in [2.24, 2.45) is 13.0 Å². The van der Waals surface area contributed by atoms with Gasteiger partial charge in [0.15, 0.2) is 0 Å². The van der Waals surface area contributed by atoms with Crippen LogP contribution in [0.2, 0.25) is 5.02 Å². The van der Waals surface area contributed by atoms with E-state index in [1.807, 2.05) is 48.7 Å². The number of carbonyl (C=O) groups excluding carboxylic acids is 2. The van der Waals surface area contributed by atoms with Crippen molar-refractivity contribution in [3.8, 4) is 0 Å². The van der Waals surface area contributed by atoms with E-state index < -0.39 is 0 Å². The maximum atomic E-state index is 13.1. The van der Waals surface area contributed by atoms with E-state index in [0.717, 1.165) is 5.69 Å². The minimum Gasteiger partial charge on any atom is -0.353 e. The van der Waals surface area contributed by atoms with Gasteiger partial charge < -0.3 is 14.4 Å². The third-order valence-electron chi connectivity index (χ3n) is 4.60. The second-order valence-electron chi connectivity index (χ2n) is 7.82. The Balaban J connectivity index is 2.19. The molecule has 0 radical (unpaired) electrons. The third-order valence-corrected chi connectivity index (χ3v) is 4.84. The number of halogens is 1. The normalized spacial score (nSPS) is 11.1. The summed E-state index contributed by atoms with van der Waals surface area (Å²) in [6.45, 7) is 9.21. The molecule has 0 spiro atoms. The summed E-state index contributed by atoms with van der Waals surface area (Å²) >= 11 is 6.03. The van der Waals surface area contributed by atoms with E-state index >= 15 is 0 Å². The Morgan fingerprint density at radius 1 is 1.11 bits per heavy atom. The van der Waals surface area contributed by atoms with Crippen LogP contribution in [-0.2, 0) is 18.4 Å². The van der Waals surface area contributed by atoms with Crippen molar-refractivity contribution in [2.75, 3.05) is 13.1 Å². The van der Waals surface area contributed by atoms with Gasteiger partial charge in [-0.3, -0.25) is 9.59 Å². The first-order valence-corrected chi connectivity index (χ1v) is 10.0. The number of hydrogen-bond acceptors (Lipinski definition) is 2. The van der Waals surface area contributed by atoms with Gasteiger partial charge in [-0.2, -0.15) is 0 Å². The lowest BCUT2D eigenvalue weighted by atomic mass is 10.1. The number of benzene rings is 1. The van der Waals surface area contributed by atoms with Crippen molar-refractivity contribution in [1.82, 2.24) is 14.4 Å². The molecule has 0 saturated carbocycles. The van der Waals surface area contributed by atoms with E-state index in [4.69, 9.17) is 11.6 Å². The molecule has 5 nitrogen and oxygen atoms in total. The van der Waals surface area contributed by atoms with Gasteiger partial charge in [0, 0.05) is 42.1 Å². The maximum absolute atomic E-state index is 13.1. The topological polar surface area (TPSA) is 45.6 Å². The summed E-state index contributed by atoms with van der Waals surface area (Å²) in [5.41, 5.74) is 1.55. The molecule has 28 heavy (non-hydrogen) atoms. The van der Waals surface area contributed by atoms with Gasteiger partial charge in [0.05, 0.1) is 6.54 Å². The second kappa shape index (κ2) is 9.78. The van der Waals surface area contributed by atoms with Gasteiger partial charge in [0.1, 0.15) is 6.54 Å². The first-order chi connectivity index (χ1) is 13.2. The predicted molar refractivity (Wildman–Crippen MR) is 113 cm³/mol. The summed E-state index contributed by atoms with van der Waals surface area (Å²) < 4.78 is 2.01. The Kier molecular flexibility index (Phi) is 7.69. The Hall–Kier alpha value is -2.27. The first-order valence-electron chi connectivity index (χ1n) is 9.63. The van der Waals surface area contributed by atoms with E-state index in [1.165, 1.54) is 0 Å². The highest BCUT2D eigenvalue weighted by Crippen LogP contribution is 2.16. The van der Waals surface area contributed by atoms with Crippen LogP contribution in [0.5, 0.6) is 0 Å². The molecular weight excluding hydrogens is 374 g/mol. The Morgan fingerprint density at radius 2 is 1.82 bits per heavy atom. The van der Waals surface area contributed by atoms with Crippen molar-refractivity contribution in [2.45, 2.75) is 40.3 Å². The van der Waals surface area contributed by atoms with Crippen molar-refractivity contribution in [3.63, 3.8) is 0 Å². The van der Waals surface area contributed by atoms with Crippen LogP contribution >= 0.6 is 11.6 Å². The largest absolute Gasteiger partial charge is 0.353 e. The van der Waals surface area contributed by atoms with E-state index in [9.17, 15) is 9.59 Å². The molecule has 2 aromatic rings. The Bertz CT molecular complexity index is 814. The molecule has 0 fully saturated rings. The monoisotopic (exact) mass is 403 g/mol. The SMILES string of the molecule is CC(C)CN(Cc1cccn1C)C(=O)CN(C(=O)c1cccc(Cl)c1)C(C)C. The van der Waals surface area contributed by atoms with Crippen LogP contribution < -0.4 is 0 Å². The molecule has 0 aliphatic carbocycles. The van der Waals surface area contributed by atoms with Gasteiger partial charge in [-0.15, -0.1) is 0 Å². The molecule has 0 unspecified atom stereocenters. The number of hydrogen-bond donors (Lipinski definition) is 0. The van der Waals surface area contributed by atoms with E-state index in [-0.39, 0.29) is 24.4 Å². The van der Waals surface area contributed by atoms with Crippen molar-refractivity contribution in [3.05, 3.63) is 58.9 Å². The molecule has 0 bridgehead atoms. The molecule has 0 saturated heterocycles. The average Bonchev–Trinajstić information content (AvgIpc) is 3.02. The zero-order valence-electron chi connectivity index (χ0n) is 17.4. The summed E-state index contributed by atoms with van der Waals surface area (Å²) in [7, 11) is 1.97. The van der Waals surface area contributed by atoms with Crippen molar-refractivity contribution >= 4 is 23.4 Å². The Labute approximate surface area is 172 Å². The fourth-order valence-electron chi connectivity index (χ4n) is 3.07. The van der Waals surface area contributed by atoms with Gasteiger partial charge in [-0.05, 0) is 50.1 Å². The number of rotatable bonds is 8. The number of nitrogens with zero attached hydrogens (tertiary/aromatic N) is 3. The fourth-order valence-corrected chi connectivity index (χ4v) is 3.26. The van der Waals surface area contributed by atoms with E-state index in [2.05, 4.69) is 13.8 Å². The highest BCUT2D eigenvalue weighted by atomic mass is 35.5. The van der Waals surface area contributed by atoms with E-state index in [1.54, 1.807) is 29.2 Å². The molecular formula is C22H30ClN3O2. The smallest absolute Gasteiger partial charge is 0.254 e. The van der Waals surface area contributed by atoms with Gasteiger partial charge in [0.25, 0.3) is 5.91 Å². The molecule has 0 N–H and O–H groups in total. The molecule has 0 aliphatic heterocycles. The van der Waals surface area contributed by atoms with Crippen LogP contribution in [-0.4, -0.2) is 45.3 Å². The van der Waals surface area contributed by atoms with Crippen LogP contribution in [0.3, 0.4) is 0 Å². The van der Waals surface area contributed by atoms with Crippen LogP contribution in [0.15, 0.2) is 42.6 Å². The summed E-state index contributed by atoms with van der Waals surface area (Å²) in [4.78, 5) is 29.6. The highest BCUT2D eigenvalue weighted by molar-refractivity contribution is 6.31. The lowest BCUT2D eigenvalue weighted by Gasteiger charge is -2.31. The number of aromatic nitrogens is 1. The van der Waals surface area contributed by atoms with Crippen LogP contribution in [0.1, 0.15) is 43.7 Å². The fraction of sp³-hybridized carbons (Fsp3) is 0.455. The Morgan fingerprint density at radius 3 is 2.36 bits per heavy atom. The predicted octanol–water partition coefficient (Wildman–Crippen LogP) is 4.21. The zero-order chi connectivity index (χ0) is 20.8. The third kappa shape index (κ3) is 5.86. The van der Waals surface area contributed by atoms with Crippen molar-refractivity contribution in [1.29, 1.82) is 0 Å². The molecule has 2 rings (SSSR count). The summed E-state index contributed by atoms with van der Waals surface area (Å²) in [6.07, 6.45) is 1.97. The van der Waals surface area contributed by atoms with Crippen molar-refractivity contribution < 1.29 is 9.59 Å². The van der Waals surface area contributed by atoms with Crippen LogP contribution in [0.4, 0.5) is 0 Å². The first kappa shape index (κ1) is 22.0. The molecule has 152 valence electrons. The molecule has 6 heteroatoms.